The molecule has 5 nitrogen and oxygen atoms in total. The average molecular weight is 405 g/mol. The molecule has 5 heteroatoms. The fraction of sp³-hybridized carbons (Fsp3) is 0.750. The maximum Gasteiger partial charge on any atom is 0.168 e. The largest absolute Gasteiger partial charge is 0.388 e. The average Bonchev–Trinajstić information content (AvgIpc) is 3.36. The Hall–Kier alpha value is -1.34. The van der Waals surface area contributed by atoms with Crippen molar-refractivity contribution in [2.75, 3.05) is 26.4 Å². The second-order valence-electron chi connectivity index (χ2n) is 7.78. The monoisotopic (exact) mass is 404 g/mol. The summed E-state index contributed by atoms with van der Waals surface area (Å²) in [4.78, 5) is 0. The Morgan fingerprint density at radius 1 is 0.966 bits per heavy atom. The second kappa shape index (κ2) is 12.4. The van der Waals surface area contributed by atoms with E-state index < -0.39 is 17.7 Å². The van der Waals surface area contributed by atoms with E-state index in [9.17, 15) is 5.11 Å². The van der Waals surface area contributed by atoms with Crippen LogP contribution in [-0.4, -0.2) is 49.2 Å². The predicted octanol–water partition coefficient (Wildman–Crippen LogP) is 3.95. The molecule has 2 rings (SSSR count). The minimum absolute atomic E-state index is 0.465. The Kier molecular flexibility index (Phi) is 10.2. The molecule has 2 heterocycles. The molecule has 2 fully saturated rings. The molecule has 0 saturated carbocycles. The van der Waals surface area contributed by atoms with Crippen molar-refractivity contribution < 1.29 is 24.1 Å². The van der Waals surface area contributed by atoms with Gasteiger partial charge in [0.1, 0.15) is 0 Å². The van der Waals surface area contributed by atoms with E-state index in [2.05, 4.69) is 23.7 Å². The standard InChI is InChI=1S/C24H36O5/c1-4-5-6-9-12-21(2)22(25)13-10-7-8-11-14-24(28-19-20-29-24)16-15-23(3)26-17-18-27-23/h12,22,25H,6,8-9,11,13-20H2,1-3H3/b21-12+. The van der Waals surface area contributed by atoms with Crippen LogP contribution < -0.4 is 0 Å². The zero-order valence-corrected chi connectivity index (χ0v) is 18.2. The lowest BCUT2D eigenvalue weighted by Crippen LogP contribution is -2.35. The molecule has 0 aromatic rings. The van der Waals surface area contributed by atoms with Crippen LogP contribution >= 0.6 is 0 Å². The molecular weight excluding hydrogens is 368 g/mol. The number of hydrogen-bond donors (Lipinski definition) is 1. The molecule has 29 heavy (non-hydrogen) atoms. The van der Waals surface area contributed by atoms with E-state index in [1.807, 2.05) is 26.8 Å². The van der Waals surface area contributed by atoms with Gasteiger partial charge in [-0.25, -0.2) is 0 Å². The SMILES string of the molecule is CC#CCC/C=C(\C)C(O)CC#CCCCC1(CCC2(C)OCCO2)OCCO1. The van der Waals surface area contributed by atoms with Crippen molar-refractivity contribution in [3.63, 3.8) is 0 Å². The van der Waals surface area contributed by atoms with E-state index in [0.717, 1.165) is 50.5 Å². The molecule has 0 spiro atoms. The van der Waals surface area contributed by atoms with Crippen LogP contribution in [0.3, 0.4) is 0 Å². The zero-order valence-electron chi connectivity index (χ0n) is 18.2. The Bertz CT molecular complexity index is 634. The summed E-state index contributed by atoms with van der Waals surface area (Å²) in [5.41, 5.74) is 0.966. The van der Waals surface area contributed by atoms with Crippen LogP contribution in [0.15, 0.2) is 11.6 Å². The summed E-state index contributed by atoms with van der Waals surface area (Å²) in [5, 5.41) is 10.2. The summed E-state index contributed by atoms with van der Waals surface area (Å²) in [6, 6.07) is 0. The fourth-order valence-corrected chi connectivity index (χ4v) is 3.53. The van der Waals surface area contributed by atoms with Gasteiger partial charge in [0.2, 0.25) is 0 Å². The van der Waals surface area contributed by atoms with E-state index in [1.54, 1.807) is 0 Å². The van der Waals surface area contributed by atoms with Gasteiger partial charge in [-0.3, -0.25) is 0 Å². The highest BCUT2D eigenvalue weighted by Gasteiger charge is 2.40. The highest BCUT2D eigenvalue weighted by atomic mass is 16.7. The molecule has 1 N–H and O–H groups in total. The van der Waals surface area contributed by atoms with Gasteiger partial charge in [-0.05, 0) is 39.2 Å². The van der Waals surface area contributed by atoms with Crippen molar-refractivity contribution >= 4 is 0 Å². The second-order valence-corrected chi connectivity index (χ2v) is 7.78. The van der Waals surface area contributed by atoms with Gasteiger partial charge in [-0.1, -0.05) is 6.08 Å². The summed E-state index contributed by atoms with van der Waals surface area (Å²) < 4.78 is 23.3. The molecule has 0 aliphatic carbocycles. The van der Waals surface area contributed by atoms with Crippen molar-refractivity contribution in [3.05, 3.63) is 11.6 Å². The summed E-state index contributed by atoms with van der Waals surface area (Å²) in [5.74, 6) is 11.1. The number of aliphatic hydroxyl groups excluding tert-OH is 1. The number of rotatable bonds is 10. The predicted molar refractivity (Wildman–Crippen MR) is 113 cm³/mol. The van der Waals surface area contributed by atoms with E-state index in [-0.39, 0.29) is 0 Å². The smallest absolute Gasteiger partial charge is 0.168 e. The lowest BCUT2D eigenvalue weighted by atomic mass is 10.00. The molecule has 0 radical (unpaired) electrons. The lowest BCUT2D eigenvalue weighted by molar-refractivity contribution is -0.200. The molecular formula is C24H36O5. The fourth-order valence-electron chi connectivity index (χ4n) is 3.53. The molecule has 2 saturated heterocycles. The van der Waals surface area contributed by atoms with Gasteiger partial charge in [-0.15, -0.1) is 23.7 Å². The zero-order chi connectivity index (χ0) is 21.0. The highest BCUT2D eigenvalue weighted by molar-refractivity contribution is 5.11. The first kappa shape index (κ1) is 23.9. The third kappa shape index (κ3) is 8.51. The van der Waals surface area contributed by atoms with E-state index in [0.29, 0.717) is 32.8 Å². The van der Waals surface area contributed by atoms with Crippen molar-refractivity contribution in [2.24, 2.45) is 0 Å². The molecule has 0 bridgehead atoms. The van der Waals surface area contributed by atoms with Gasteiger partial charge in [0.25, 0.3) is 0 Å². The third-order valence-electron chi connectivity index (χ3n) is 5.39. The molecule has 162 valence electrons. The Balaban J connectivity index is 1.69. The maximum atomic E-state index is 10.2. The topological polar surface area (TPSA) is 57.2 Å². The van der Waals surface area contributed by atoms with Crippen LogP contribution in [0.1, 0.15) is 72.1 Å². The number of ether oxygens (including phenoxy) is 4. The lowest BCUT2D eigenvalue weighted by Gasteiger charge is -2.31. The van der Waals surface area contributed by atoms with Gasteiger partial charge < -0.3 is 24.1 Å². The van der Waals surface area contributed by atoms with Gasteiger partial charge in [-0.2, -0.15) is 0 Å². The van der Waals surface area contributed by atoms with E-state index in [4.69, 9.17) is 18.9 Å². The van der Waals surface area contributed by atoms with Gasteiger partial charge in [0.15, 0.2) is 11.6 Å². The molecule has 0 amide bonds. The van der Waals surface area contributed by atoms with Crippen LogP contribution in [0.4, 0.5) is 0 Å². The minimum atomic E-state index is -0.541. The van der Waals surface area contributed by atoms with E-state index in [1.165, 1.54) is 0 Å². The summed E-state index contributed by atoms with van der Waals surface area (Å²) >= 11 is 0. The molecule has 0 aromatic heterocycles. The molecule has 1 unspecified atom stereocenters. The molecule has 2 aliphatic heterocycles. The van der Waals surface area contributed by atoms with Crippen molar-refractivity contribution in [1.29, 1.82) is 0 Å². The first-order valence-corrected chi connectivity index (χ1v) is 10.7. The van der Waals surface area contributed by atoms with Crippen LogP contribution in [0.5, 0.6) is 0 Å². The third-order valence-corrected chi connectivity index (χ3v) is 5.39. The van der Waals surface area contributed by atoms with Crippen LogP contribution in [0, 0.1) is 23.7 Å². The van der Waals surface area contributed by atoms with Crippen molar-refractivity contribution in [3.8, 4) is 23.7 Å². The first-order chi connectivity index (χ1) is 14.0. The number of hydrogen-bond acceptors (Lipinski definition) is 5. The quantitative estimate of drug-likeness (QED) is 0.339. The Morgan fingerprint density at radius 2 is 1.66 bits per heavy atom. The highest BCUT2D eigenvalue weighted by Crippen LogP contribution is 2.35. The normalized spacial score (nSPS) is 21.2. The van der Waals surface area contributed by atoms with E-state index >= 15 is 0 Å². The summed E-state index contributed by atoms with van der Waals surface area (Å²) in [7, 11) is 0. The first-order valence-electron chi connectivity index (χ1n) is 10.7. The molecule has 2 aliphatic rings. The van der Waals surface area contributed by atoms with Crippen LogP contribution in [-0.2, 0) is 18.9 Å². The summed E-state index contributed by atoms with van der Waals surface area (Å²) in [6.07, 6.45) is 7.67. The molecule has 1 atom stereocenters. The van der Waals surface area contributed by atoms with Crippen LogP contribution in [0.25, 0.3) is 0 Å². The number of unbranched alkanes of at least 4 members (excludes halogenated alkanes) is 2. The van der Waals surface area contributed by atoms with Gasteiger partial charge in [0, 0.05) is 38.5 Å². The van der Waals surface area contributed by atoms with Crippen LogP contribution in [0.2, 0.25) is 0 Å². The van der Waals surface area contributed by atoms with Crippen molar-refractivity contribution in [1.82, 2.24) is 0 Å². The Morgan fingerprint density at radius 3 is 2.34 bits per heavy atom. The minimum Gasteiger partial charge on any atom is -0.388 e. The number of aliphatic hydroxyl groups is 1. The summed E-state index contributed by atoms with van der Waals surface area (Å²) in [6.45, 7) is 8.32. The van der Waals surface area contributed by atoms with Gasteiger partial charge >= 0.3 is 0 Å². The maximum absolute atomic E-state index is 10.2. The Labute approximate surface area is 176 Å². The van der Waals surface area contributed by atoms with Crippen molar-refractivity contribution in [2.45, 2.75) is 89.8 Å². The number of allylic oxidation sites excluding steroid dienone is 1. The van der Waals surface area contributed by atoms with Gasteiger partial charge in [0.05, 0.1) is 32.5 Å². The molecule has 0 aromatic carbocycles.